The summed E-state index contributed by atoms with van der Waals surface area (Å²) in [4.78, 5) is 11.8. The smallest absolute Gasteiger partial charge is 0.416 e. The van der Waals surface area contributed by atoms with Gasteiger partial charge in [0.05, 0.1) is 11.1 Å². The maximum Gasteiger partial charge on any atom is 0.416 e. The Kier molecular flexibility index (Phi) is 5.87. The SMILES string of the molecule is O=C(NCC(O)COc1ccc(C(F)(F)F)cc1)c1ccccc1O. The average molecular weight is 355 g/mol. The molecular weight excluding hydrogens is 339 g/mol. The van der Waals surface area contributed by atoms with Crippen molar-refractivity contribution in [1.29, 1.82) is 0 Å². The molecule has 25 heavy (non-hydrogen) atoms. The Balaban J connectivity index is 1.80. The molecule has 0 fully saturated rings. The zero-order valence-corrected chi connectivity index (χ0v) is 13.0. The molecule has 0 bridgehead atoms. The van der Waals surface area contributed by atoms with Crippen molar-refractivity contribution < 1.29 is 32.9 Å². The number of nitrogens with one attached hydrogen (secondary N) is 1. The maximum absolute atomic E-state index is 12.4. The molecule has 8 heteroatoms. The molecule has 2 aromatic carbocycles. The Hall–Kier alpha value is -2.74. The minimum absolute atomic E-state index is 0.0679. The van der Waals surface area contributed by atoms with Gasteiger partial charge in [0.2, 0.25) is 0 Å². The van der Waals surface area contributed by atoms with Gasteiger partial charge in [-0.25, -0.2) is 0 Å². The molecule has 0 aliphatic heterocycles. The van der Waals surface area contributed by atoms with Crippen LogP contribution < -0.4 is 10.1 Å². The third-order valence-corrected chi connectivity index (χ3v) is 3.27. The molecular formula is C17H16F3NO4. The summed E-state index contributed by atoms with van der Waals surface area (Å²) in [6.45, 7) is -0.361. The first kappa shape index (κ1) is 18.6. The van der Waals surface area contributed by atoms with Crippen molar-refractivity contribution in [2.45, 2.75) is 12.3 Å². The van der Waals surface area contributed by atoms with E-state index < -0.39 is 23.8 Å². The quantitative estimate of drug-likeness (QED) is 0.744. The van der Waals surface area contributed by atoms with Crippen LogP contribution in [-0.2, 0) is 6.18 Å². The van der Waals surface area contributed by atoms with E-state index in [-0.39, 0.29) is 30.2 Å². The summed E-state index contributed by atoms with van der Waals surface area (Å²) in [5.41, 5.74) is -0.728. The fraction of sp³-hybridized carbons (Fsp3) is 0.235. The van der Waals surface area contributed by atoms with Crippen LogP contribution in [0.3, 0.4) is 0 Å². The minimum Gasteiger partial charge on any atom is -0.507 e. The normalized spacial score (nSPS) is 12.5. The van der Waals surface area contributed by atoms with E-state index in [1.807, 2.05) is 0 Å². The Morgan fingerprint density at radius 2 is 1.76 bits per heavy atom. The third kappa shape index (κ3) is 5.39. The van der Waals surface area contributed by atoms with E-state index in [4.69, 9.17) is 4.74 Å². The summed E-state index contributed by atoms with van der Waals surface area (Å²) < 4.78 is 42.5. The zero-order valence-electron chi connectivity index (χ0n) is 13.0. The van der Waals surface area contributed by atoms with Gasteiger partial charge in [-0.3, -0.25) is 4.79 Å². The van der Waals surface area contributed by atoms with E-state index >= 15 is 0 Å². The second-order valence-corrected chi connectivity index (χ2v) is 5.21. The van der Waals surface area contributed by atoms with Gasteiger partial charge in [-0.15, -0.1) is 0 Å². The van der Waals surface area contributed by atoms with Crippen LogP contribution in [0.4, 0.5) is 13.2 Å². The zero-order chi connectivity index (χ0) is 18.4. The molecule has 0 aliphatic rings. The summed E-state index contributed by atoms with van der Waals surface area (Å²) in [7, 11) is 0. The maximum atomic E-state index is 12.4. The number of rotatable bonds is 6. The number of para-hydroxylation sites is 1. The van der Waals surface area contributed by atoms with Crippen molar-refractivity contribution in [2.75, 3.05) is 13.2 Å². The fourth-order valence-electron chi connectivity index (χ4n) is 1.96. The first-order chi connectivity index (χ1) is 11.8. The molecule has 0 saturated heterocycles. The van der Waals surface area contributed by atoms with E-state index in [2.05, 4.69) is 5.32 Å². The van der Waals surface area contributed by atoms with Gasteiger partial charge in [0, 0.05) is 6.54 Å². The molecule has 0 aromatic heterocycles. The van der Waals surface area contributed by atoms with Gasteiger partial charge in [-0.05, 0) is 36.4 Å². The molecule has 0 radical (unpaired) electrons. The fourth-order valence-corrected chi connectivity index (χ4v) is 1.96. The van der Waals surface area contributed by atoms with Crippen molar-refractivity contribution in [3.05, 3.63) is 59.7 Å². The lowest BCUT2D eigenvalue weighted by Crippen LogP contribution is -2.35. The van der Waals surface area contributed by atoms with E-state index in [9.17, 15) is 28.2 Å². The van der Waals surface area contributed by atoms with E-state index in [0.717, 1.165) is 24.3 Å². The molecule has 0 aliphatic carbocycles. The average Bonchev–Trinajstić information content (AvgIpc) is 2.58. The molecule has 0 spiro atoms. The van der Waals surface area contributed by atoms with E-state index in [0.29, 0.717) is 0 Å². The van der Waals surface area contributed by atoms with Crippen LogP contribution in [0.1, 0.15) is 15.9 Å². The number of carbonyl (C=O) groups excluding carboxylic acids is 1. The number of amides is 1. The Labute approximate surface area is 141 Å². The summed E-state index contributed by atoms with van der Waals surface area (Å²) in [5, 5.41) is 21.8. The Morgan fingerprint density at radius 1 is 1.12 bits per heavy atom. The largest absolute Gasteiger partial charge is 0.507 e. The first-order valence-electron chi connectivity index (χ1n) is 7.31. The predicted molar refractivity (Wildman–Crippen MR) is 83.4 cm³/mol. The van der Waals surface area contributed by atoms with Crippen molar-refractivity contribution in [3.8, 4) is 11.5 Å². The molecule has 134 valence electrons. The van der Waals surface area contributed by atoms with Gasteiger partial charge in [-0.2, -0.15) is 13.2 Å². The highest BCUT2D eigenvalue weighted by Gasteiger charge is 2.30. The number of aromatic hydroxyl groups is 1. The molecule has 1 unspecified atom stereocenters. The van der Waals surface area contributed by atoms with E-state index in [1.54, 1.807) is 12.1 Å². The van der Waals surface area contributed by atoms with Crippen molar-refractivity contribution >= 4 is 5.91 Å². The molecule has 1 atom stereocenters. The number of ether oxygens (including phenoxy) is 1. The molecule has 0 heterocycles. The third-order valence-electron chi connectivity index (χ3n) is 3.27. The van der Waals surface area contributed by atoms with Gasteiger partial charge in [0.25, 0.3) is 5.91 Å². The summed E-state index contributed by atoms with van der Waals surface area (Å²) in [5.74, 6) is -0.582. The highest BCUT2D eigenvalue weighted by Crippen LogP contribution is 2.30. The van der Waals surface area contributed by atoms with Gasteiger partial charge in [0.15, 0.2) is 0 Å². The molecule has 5 nitrogen and oxygen atoms in total. The number of hydrogen-bond donors (Lipinski definition) is 3. The van der Waals surface area contributed by atoms with Gasteiger partial charge < -0.3 is 20.3 Å². The van der Waals surface area contributed by atoms with Crippen LogP contribution in [0.25, 0.3) is 0 Å². The summed E-state index contributed by atoms with van der Waals surface area (Å²) in [6, 6.07) is 9.99. The summed E-state index contributed by atoms with van der Waals surface area (Å²) in [6.07, 6.45) is -5.50. The molecule has 3 N–H and O–H groups in total. The number of halogens is 3. The van der Waals surface area contributed by atoms with E-state index in [1.165, 1.54) is 12.1 Å². The Bertz CT molecular complexity index is 717. The standard InChI is InChI=1S/C17H16F3NO4/c18-17(19,20)11-5-7-13(8-6-11)25-10-12(22)9-21-16(24)14-3-1-2-4-15(14)23/h1-8,12,22-23H,9-10H2,(H,21,24). The second-order valence-electron chi connectivity index (χ2n) is 5.21. The predicted octanol–water partition coefficient (Wildman–Crippen LogP) is 2.58. The van der Waals surface area contributed by atoms with Gasteiger partial charge in [0.1, 0.15) is 24.2 Å². The van der Waals surface area contributed by atoms with Crippen LogP contribution in [0, 0.1) is 0 Å². The number of carbonyl (C=O) groups is 1. The van der Waals surface area contributed by atoms with Crippen molar-refractivity contribution in [2.24, 2.45) is 0 Å². The summed E-state index contributed by atoms with van der Waals surface area (Å²) >= 11 is 0. The van der Waals surface area contributed by atoms with Gasteiger partial charge in [-0.1, -0.05) is 12.1 Å². The lowest BCUT2D eigenvalue weighted by atomic mass is 10.2. The topological polar surface area (TPSA) is 78.8 Å². The van der Waals surface area contributed by atoms with Crippen LogP contribution >= 0.6 is 0 Å². The van der Waals surface area contributed by atoms with Gasteiger partial charge >= 0.3 is 6.18 Å². The monoisotopic (exact) mass is 355 g/mol. The Morgan fingerprint density at radius 3 is 2.36 bits per heavy atom. The highest BCUT2D eigenvalue weighted by atomic mass is 19.4. The number of hydrogen-bond acceptors (Lipinski definition) is 4. The van der Waals surface area contributed by atoms with Crippen LogP contribution in [-0.4, -0.2) is 35.4 Å². The molecule has 1 amide bonds. The molecule has 2 aromatic rings. The molecule has 2 rings (SSSR count). The van der Waals surface area contributed by atoms with Crippen LogP contribution in [0.5, 0.6) is 11.5 Å². The van der Waals surface area contributed by atoms with Crippen molar-refractivity contribution in [1.82, 2.24) is 5.32 Å². The number of phenols is 1. The molecule has 0 saturated carbocycles. The number of phenolic OH excluding ortho intramolecular Hbond substituents is 1. The van der Waals surface area contributed by atoms with Crippen molar-refractivity contribution in [3.63, 3.8) is 0 Å². The minimum atomic E-state index is -4.43. The number of benzene rings is 2. The lowest BCUT2D eigenvalue weighted by molar-refractivity contribution is -0.137. The van der Waals surface area contributed by atoms with Crippen LogP contribution in [0.15, 0.2) is 48.5 Å². The number of alkyl halides is 3. The van der Waals surface area contributed by atoms with Crippen LogP contribution in [0.2, 0.25) is 0 Å². The highest BCUT2D eigenvalue weighted by molar-refractivity contribution is 5.96. The lowest BCUT2D eigenvalue weighted by Gasteiger charge is -2.14. The number of aliphatic hydroxyl groups is 1. The second kappa shape index (κ2) is 7.89. The first-order valence-corrected chi connectivity index (χ1v) is 7.31. The number of aliphatic hydroxyl groups excluding tert-OH is 1.